The van der Waals surface area contributed by atoms with E-state index in [0.717, 1.165) is 12.1 Å². The van der Waals surface area contributed by atoms with E-state index in [2.05, 4.69) is 20.6 Å². The molecule has 0 aliphatic rings. The van der Waals surface area contributed by atoms with Crippen LogP contribution >= 0.6 is 0 Å². The summed E-state index contributed by atoms with van der Waals surface area (Å²) in [6, 6.07) is 5.64. The Kier molecular flexibility index (Phi) is 5.92. The van der Waals surface area contributed by atoms with E-state index in [0.29, 0.717) is 24.8 Å². The van der Waals surface area contributed by atoms with Crippen LogP contribution in [0.2, 0.25) is 0 Å². The van der Waals surface area contributed by atoms with Crippen LogP contribution in [-0.2, 0) is 10.9 Å². The van der Waals surface area contributed by atoms with Gasteiger partial charge in [-0.2, -0.15) is 13.2 Å². The van der Waals surface area contributed by atoms with E-state index in [-0.39, 0.29) is 11.4 Å². The van der Waals surface area contributed by atoms with Crippen molar-refractivity contribution < 1.29 is 22.7 Å². The van der Waals surface area contributed by atoms with Gasteiger partial charge in [-0.25, -0.2) is 9.97 Å². The zero-order chi connectivity index (χ0) is 18.4. The molecule has 6 nitrogen and oxygen atoms in total. The Morgan fingerprint density at radius 3 is 2.48 bits per heavy atom. The van der Waals surface area contributed by atoms with Crippen LogP contribution in [0.5, 0.6) is 0 Å². The number of hydrogen-bond acceptors (Lipinski definition) is 5. The van der Waals surface area contributed by atoms with Crippen LogP contribution in [0.3, 0.4) is 0 Å². The van der Waals surface area contributed by atoms with Gasteiger partial charge in [0.2, 0.25) is 0 Å². The zero-order valence-electron chi connectivity index (χ0n) is 13.6. The van der Waals surface area contributed by atoms with E-state index in [4.69, 9.17) is 4.74 Å². The molecule has 1 amide bonds. The van der Waals surface area contributed by atoms with Gasteiger partial charge >= 0.3 is 6.18 Å². The van der Waals surface area contributed by atoms with Gasteiger partial charge in [0.25, 0.3) is 5.91 Å². The smallest absolute Gasteiger partial charge is 0.383 e. The number of halogens is 3. The van der Waals surface area contributed by atoms with Gasteiger partial charge in [-0.05, 0) is 31.2 Å². The number of carbonyl (C=O) groups is 1. The number of amides is 1. The molecule has 134 valence electrons. The van der Waals surface area contributed by atoms with E-state index in [1.807, 2.05) is 0 Å². The molecule has 1 aromatic carbocycles. The molecule has 0 fully saturated rings. The number of alkyl halides is 3. The van der Waals surface area contributed by atoms with E-state index in [1.54, 1.807) is 14.0 Å². The van der Waals surface area contributed by atoms with Gasteiger partial charge in [0.05, 0.1) is 12.2 Å². The van der Waals surface area contributed by atoms with Gasteiger partial charge in [0.1, 0.15) is 17.3 Å². The van der Waals surface area contributed by atoms with Gasteiger partial charge in [-0.1, -0.05) is 0 Å². The maximum Gasteiger partial charge on any atom is 0.416 e. The normalized spacial score (nSPS) is 11.2. The van der Waals surface area contributed by atoms with Crippen molar-refractivity contribution in [2.45, 2.75) is 13.1 Å². The van der Waals surface area contributed by atoms with Crippen molar-refractivity contribution in [1.29, 1.82) is 0 Å². The van der Waals surface area contributed by atoms with Crippen molar-refractivity contribution in [2.24, 2.45) is 0 Å². The third-order valence-corrected chi connectivity index (χ3v) is 3.15. The van der Waals surface area contributed by atoms with Crippen molar-refractivity contribution in [3.05, 3.63) is 47.4 Å². The molecule has 25 heavy (non-hydrogen) atoms. The van der Waals surface area contributed by atoms with Crippen molar-refractivity contribution in [2.75, 3.05) is 30.9 Å². The topological polar surface area (TPSA) is 76.1 Å². The highest BCUT2D eigenvalue weighted by atomic mass is 19.4. The summed E-state index contributed by atoms with van der Waals surface area (Å²) in [5.41, 5.74) is -0.441. The Bertz CT molecular complexity index is 733. The summed E-state index contributed by atoms with van der Waals surface area (Å²) < 4.78 is 42.5. The monoisotopic (exact) mass is 354 g/mol. The Morgan fingerprint density at radius 2 is 1.88 bits per heavy atom. The van der Waals surface area contributed by atoms with Crippen LogP contribution in [0.4, 0.5) is 24.7 Å². The lowest BCUT2D eigenvalue weighted by Gasteiger charge is -2.10. The second-order valence-electron chi connectivity index (χ2n) is 5.13. The summed E-state index contributed by atoms with van der Waals surface area (Å²) in [6.45, 7) is 2.61. The summed E-state index contributed by atoms with van der Waals surface area (Å²) in [6.07, 6.45) is -4.42. The summed E-state index contributed by atoms with van der Waals surface area (Å²) in [5, 5.41) is 5.50. The fourth-order valence-electron chi connectivity index (χ4n) is 1.99. The molecule has 0 spiro atoms. The number of ether oxygens (including phenoxy) is 1. The quantitative estimate of drug-likeness (QED) is 0.780. The van der Waals surface area contributed by atoms with Crippen molar-refractivity contribution in [3.63, 3.8) is 0 Å². The molecule has 0 atom stereocenters. The largest absolute Gasteiger partial charge is 0.416 e. The molecule has 0 bridgehead atoms. The second-order valence-corrected chi connectivity index (χ2v) is 5.13. The van der Waals surface area contributed by atoms with Gasteiger partial charge < -0.3 is 15.4 Å². The lowest BCUT2D eigenvalue weighted by Crippen LogP contribution is -2.17. The second kappa shape index (κ2) is 7.93. The molecule has 0 saturated carbocycles. The number of anilines is 2. The minimum absolute atomic E-state index is 0.104. The van der Waals surface area contributed by atoms with Gasteiger partial charge in [0, 0.05) is 25.4 Å². The Labute approximate surface area is 142 Å². The van der Waals surface area contributed by atoms with Crippen molar-refractivity contribution >= 4 is 17.4 Å². The number of rotatable bonds is 6. The molecule has 9 heteroatoms. The van der Waals surface area contributed by atoms with Crippen LogP contribution < -0.4 is 10.6 Å². The fourth-order valence-corrected chi connectivity index (χ4v) is 1.99. The zero-order valence-corrected chi connectivity index (χ0v) is 13.6. The highest BCUT2D eigenvalue weighted by molar-refractivity contribution is 6.03. The molecule has 0 saturated heterocycles. The third kappa shape index (κ3) is 5.42. The fraction of sp³-hybridized carbons (Fsp3) is 0.312. The highest BCUT2D eigenvalue weighted by Gasteiger charge is 2.30. The number of carbonyl (C=O) groups excluding carboxylic acids is 1. The van der Waals surface area contributed by atoms with Crippen LogP contribution in [0, 0.1) is 6.92 Å². The maximum absolute atomic E-state index is 12.5. The van der Waals surface area contributed by atoms with E-state index in [9.17, 15) is 18.0 Å². The molecule has 2 rings (SSSR count). The summed E-state index contributed by atoms with van der Waals surface area (Å²) >= 11 is 0. The van der Waals surface area contributed by atoms with E-state index >= 15 is 0 Å². The van der Waals surface area contributed by atoms with Crippen molar-refractivity contribution in [3.8, 4) is 0 Å². The van der Waals surface area contributed by atoms with Gasteiger partial charge in [-0.15, -0.1) is 0 Å². The number of nitrogens with zero attached hydrogens (tertiary/aromatic N) is 2. The van der Waals surface area contributed by atoms with Crippen LogP contribution in [0.25, 0.3) is 0 Å². The lowest BCUT2D eigenvalue weighted by atomic mass is 10.2. The first kappa shape index (κ1) is 18.7. The van der Waals surface area contributed by atoms with Gasteiger partial charge in [0.15, 0.2) is 0 Å². The molecule has 2 aromatic rings. The minimum atomic E-state index is -4.42. The summed E-state index contributed by atoms with van der Waals surface area (Å²) in [7, 11) is 1.57. The predicted octanol–water partition coefficient (Wildman–Crippen LogP) is 3.11. The SMILES string of the molecule is COCCNc1cc(C(=O)Nc2ccc(C(F)(F)F)cc2)nc(C)n1. The minimum Gasteiger partial charge on any atom is -0.383 e. The Morgan fingerprint density at radius 1 is 1.20 bits per heavy atom. The van der Waals surface area contributed by atoms with Gasteiger partial charge in [-0.3, -0.25) is 4.79 Å². The first-order chi connectivity index (χ1) is 11.8. The van der Waals surface area contributed by atoms with Crippen molar-refractivity contribution in [1.82, 2.24) is 9.97 Å². The number of aryl methyl sites for hydroxylation is 1. The number of nitrogens with one attached hydrogen (secondary N) is 2. The molecule has 0 aliphatic heterocycles. The molecule has 0 aliphatic carbocycles. The third-order valence-electron chi connectivity index (χ3n) is 3.15. The summed E-state index contributed by atoms with van der Waals surface area (Å²) in [4.78, 5) is 20.4. The Balaban J connectivity index is 2.09. The predicted molar refractivity (Wildman–Crippen MR) is 86.5 cm³/mol. The number of benzene rings is 1. The maximum atomic E-state index is 12.5. The average Bonchev–Trinajstić information content (AvgIpc) is 2.54. The molecule has 0 radical (unpaired) electrons. The molecular formula is C16H17F3N4O2. The molecule has 1 aromatic heterocycles. The lowest BCUT2D eigenvalue weighted by molar-refractivity contribution is -0.137. The standard InChI is InChI=1S/C16H17F3N4O2/c1-10-21-13(9-14(22-10)20-7-8-25-2)15(24)23-12-5-3-11(4-6-12)16(17,18)19/h3-6,9H,7-8H2,1-2H3,(H,23,24)(H,20,21,22). The van der Waals surface area contributed by atoms with Crippen LogP contribution in [-0.4, -0.2) is 36.1 Å². The Hall–Kier alpha value is -2.68. The molecular weight excluding hydrogens is 337 g/mol. The highest BCUT2D eigenvalue weighted by Crippen LogP contribution is 2.29. The first-order valence-corrected chi connectivity index (χ1v) is 7.36. The first-order valence-electron chi connectivity index (χ1n) is 7.36. The van der Waals surface area contributed by atoms with E-state index < -0.39 is 17.6 Å². The average molecular weight is 354 g/mol. The van der Waals surface area contributed by atoms with E-state index in [1.165, 1.54) is 18.2 Å². The van der Waals surface area contributed by atoms with Crippen LogP contribution in [0.1, 0.15) is 21.9 Å². The number of hydrogen-bond donors (Lipinski definition) is 2. The molecule has 1 heterocycles. The molecule has 2 N–H and O–H groups in total. The number of aromatic nitrogens is 2. The number of methoxy groups -OCH3 is 1. The molecule has 0 unspecified atom stereocenters. The van der Waals surface area contributed by atoms with Crippen LogP contribution in [0.15, 0.2) is 30.3 Å². The summed E-state index contributed by atoms with van der Waals surface area (Å²) in [5.74, 6) is 0.308.